The van der Waals surface area contributed by atoms with Gasteiger partial charge in [-0.2, -0.15) is 5.10 Å². The summed E-state index contributed by atoms with van der Waals surface area (Å²) in [5.74, 6) is 0. The molecule has 0 aliphatic carbocycles. The first kappa shape index (κ1) is 12.8. The first-order valence-corrected chi connectivity index (χ1v) is 6.06. The summed E-state index contributed by atoms with van der Waals surface area (Å²) in [5, 5.41) is 14.6. The van der Waals surface area contributed by atoms with E-state index < -0.39 is 6.10 Å². The third kappa shape index (κ3) is 2.78. The highest BCUT2D eigenvalue weighted by atomic mass is 16.5. The second-order valence-corrected chi connectivity index (χ2v) is 4.15. The second kappa shape index (κ2) is 5.80. The summed E-state index contributed by atoms with van der Waals surface area (Å²) in [4.78, 5) is 0. The molecule has 2 aromatic rings. The van der Waals surface area contributed by atoms with Gasteiger partial charge in [0.1, 0.15) is 12.2 Å². The zero-order valence-electron chi connectivity index (χ0n) is 10.7. The summed E-state index contributed by atoms with van der Waals surface area (Å²) in [6.45, 7) is 2.46. The van der Waals surface area contributed by atoms with Gasteiger partial charge in [0.05, 0.1) is 5.69 Å². The standard InChI is InChI=1S/C14H18N2O2/c1-3-18-14(11-7-5-4-6-8-11)13(17)12-9-10-16(2)15-12/h4-10,13-14,17H,3H2,1-2H3. The average molecular weight is 246 g/mol. The van der Waals surface area contributed by atoms with E-state index >= 15 is 0 Å². The predicted octanol–water partition coefficient (Wildman–Crippen LogP) is 2.23. The molecule has 0 saturated heterocycles. The van der Waals surface area contributed by atoms with Crippen LogP contribution in [0.4, 0.5) is 0 Å². The van der Waals surface area contributed by atoms with Crippen LogP contribution in [0.3, 0.4) is 0 Å². The van der Waals surface area contributed by atoms with Crippen molar-refractivity contribution in [3.05, 3.63) is 53.9 Å². The van der Waals surface area contributed by atoms with Crippen molar-refractivity contribution >= 4 is 0 Å². The highest BCUT2D eigenvalue weighted by Gasteiger charge is 2.24. The molecule has 4 nitrogen and oxygen atoms in total. The Labute approximate surface area is 107 Å². The van der Waals surface area contributed by atoms with Gasteiger partial charge in [-0.25, -0.2) is 0 Å². The molecule has 0 spiro atoms. The van der Waals surface area contributed by atoms with E-state index in [1.165, 1.54) is 0 Å². The fraction of sp³-hybridized carbons (Fsp3) is 0.357. The van der Waals surface area contributed by atoms with E-state index in [9.17, 15) is 5.11 Å². The highest BCUT2D eigenvalue weighted by Crippen LogP contribution is 2.30. The van der Waals surface area contributed by atoms with Crippen LogP contribution in [0.25, 0.3) is 0 Å². The number of aliphatic hydroxyl groups excluding tert-OH is 1. The molecule has 0 aliphatic heterocycles. The van der Waals surface area contributed by atoms with E-state index in [0.29, 0.717) is 12.3 Å². The van der Waals surface area contributed by atoms with Crippen LogP contribution in [-0.2, 0) is 11.8 Å². The van der Waals surface area contributed by atoms with Crippen LogP contribution in [-0.4, -0.2) is 21.5 Å². The van der Waals surface area contributed by atoms with Gasteiger partial charge in [0.2, 0.25) is 0 Å². The second-order valence-electron chi connectivity index (χ2n) is 4.15. The number of aryl methyl sites for hydroxylation is 1. The van der Waals surface area contributed by atoms with Crippen LogP contribution in [0.5, 0.6) is 0 Å². The minimum atomic E-state index is -0.756. The van der Waals surface area contributed by atoms with Gasteiger partial charge in [0.25, 0.3) is 0 Å². The number of aliphatic hydroxyl groups is 1. The summed E-state index contributed by atoms with van der Waals surface area (Å²) in [6, 6.07) is 11.5. The smallest absolute Gasteiger partial charge is 0.128 e. The van der Waals surface area contributed by atoms with E-state index in [1.54, 1.807) is 10.7 Å². The molecule has 0 saturated carbocycles. The quantitative estimate of drug-likeness (QED) is 0.880. The Hall–Kier alpha value is -1.65. The molecule has 4 heteroatoms. The number of benzene rings is 1. The molecule has 1 aromatic carbocycles. The molecular formula is C14H18N2O2. The Morgan fingerprint density at radius 2 is 2.00 bits per heavy atom. The van der Waals surface area contributed by atoms with Crippen molar-refractivity contribution in [3.8, 4) is 0 Å². The highest BCUT2D eigenvalue weighted by molar-refractivity contribution is 5.21. The lowest BCUT2D eigenvalue weighted by molar-refractivity contribution is -0.0381. The molecule has 2 rings (SSSR count). The van der Waals surface area contributed by atoms with E-state index in [4.69, 9.17) is 4.74 Å². The maximum atomic E-state index is 10.4. The van der Waals surface area contributed by atoms with Crippen LogP contribution >= 0.6 is 0 Å². The Morgan fingerprint density at radius 1 is 1.28 bits per heavy atom. The molecule has 0 bridgehead atoms. The normalized spacial score (nSPS) is 14.4. The van der Waals surface area contributed by atoms with E-state index in [-0.39, 0.29) is 6.10 Å². The largest absolute Gasteiger partial charge is 0.384 e. The van der Waals surface area contributed by atoms with Crippen molar-refractivity contribution in [2.24, 2.45) is 7.05 Å². The number of nitrogens with zero attached hydrogens (tertiary/aromatic N) is 2. The minimum Gasteiger partial charge on any atom is -0.384 e. The number of hydrogen-bond donors (Lipinski definition) is 1. The first-order chi connectivity index (χ1) is 8.72. The average Bonchev–Trinajstić information content (AvgIpc) is 2.83. The monoisotopic (exact) mass is 246 g/mol. The Morgan fingerprint density at radius 3 is 2.56 bits per heavy atom. The zero-order valence-corrected chi connectivity index (χ0v) is 10.7. The summed E-state index contributed by atoms with van der Waals surface area (Å²) in [7, 11) is 1.83. The van der Waals surface area contributed by atoms with Crippen molar-refractivity contribution in [1.82, 2.24) is 9.78 Å². The van der Waals surface area contributed by atoms with E-state index in [0.717, 1.165) is 5.56 Å². The SMILES string of the molecule is CCOC(c1ccccc1)C(O)c1ccn(C)n1. The third-order valence-corrected chi connectivity index (χ3v) is 2.80. The van der Waals surface area contributed by atoms with Crippen LogP contribution in [0.1, 0.15) is 30.4 Å². The van der Waals surface area contributed by atoms with Gasteiger partial charge in [-0.05, 0) is 18.6 Å². The third-order valence-electron chi connectivity index (χ3n) is 2.80. The fourth-order valence-electron chi connectivity index (χ4n) is 1.94. The van der Waals surface area contributed by atoms with Gasteiger partial charge < -0.3 is 9.84 Å². The summed E-state index contributed by atoms with van der Waals surface area (Å²) in [6.07, 6.45) is 0.673. The fourth-order valence-corrected chi connectivity index (χ4v) is 1.94. The summed E-state index contributed by atoms with van der Waals surface area (Å²) in [5.41, 5.74) is 1.58. The summed E-state index contributed by atoms with van der Waals surface area (Å²) >= 11 is 0. The molecule has 0 amide bonds. The molecule has 0 aliphatic rings. The Bertz CT molecular complexity index is 482. The Kier molecular flexibility index (Phi) is 4.12. The molecule has 0 radical (unpaired) electrons. The van der Waals surface area contributed by atoms with Gasteiger partial charge in [0, 0.05) is 19.9 Å². The number of ether oxygens (including phenoxy) is 1. The zero-order chi connectivity index (χ0) is 13.0. The molecular weight excluding hydrogens is 228 g/mol. The maximum absolute atomic E-state index is 10.4. The van der Waals surface area contributed by atoms with Gasteiger partial charge in [0.15, 0.2) is 0 Å². The number of hydrogen-bond acceptors (Lipinski definition) is 3. The number of rotatable bonds is 5. The molecule has 96 valence electrons. The molecule has 1 heterocycles. The first-order valence-electron chi connectivity index (χ1n) is 6.06. The van der Waals surface area contributed by atoms with Crippen molar-refractivity contribution < 1.29 is 9.84 Å². The van der Waals surface area contributed by atoms with Crippen LogP contribution in [0.15, 0.2) is 42.6 Å². The van der Waals surface area contributed by atoms with Crippen LogP contribution < -0.4 is 0 Å². The molecule has 2 atom stereocenters. The molecule has 0 fully saturated rings. The molecule has 1 aromatic heterocycles. The Balaban J connectivity index is 2.25. The van der Waals surface area contributed by atoms with Crippen molar-refractivity contribution in [1.29, 1.82) is 0 Å². The lowest BCUT2D eigenvalue weighted by Crippen LogP contribution is -2.15. The lowest BCUT2D eigenvalue weighted by atomic mass is 10.0. The van der Waals surface area contributed by atoms with E-state index in [1.807, 2.05) is 50.5 Å². The number of aromatic nitrogens is 2. The van der Waals surface area contributed by atoms with Crippen LogP contribution in [0, 0.1) is 0 Å². The van der Waals surface area contributed by atoms with Crippen molar-refractivity contribution in [2.75, 3.05) is 6.61 Å². The van der Waals surface area contributed by atoms with Crippen LogP contribution in [0.2, 0.25) is 0 Å². The maximum Gasteiger partial charge on any atom is 0.128 e. The molecule has 1 N–H and O–H groups in total. The van der Waals surface area contributed by atoms with Gasteiger partial charge >= 0.3 is 0 Å². The van der Waals surface area contributed by atoms with Crippen molar-refractivity contribution in [2.45, 2.75) is 19.1 Å². The van der Waals surface area contributed by atoms with Gasteiger partial charge in [-0.15, -0.1) is 0 Å². The van der Waals surface area contributed by atoms with Gasteiger partial charge in [-0.3, -0.25) is 4.68 Å². The van der Waals surface area contributed by atoms with Crippen molar-refractivity contribution in [3.63, 3.8) is 0 Å². The molecule has 18 heavy (non-hydrogen) atoms. The lowest BCUT2D eigenvalue weighted by Gasteiger charge is -2.22. The minimum absolute atomic E-state index is 0.383. The van der Waals surface area contributed by atoms with E-state index in [2.05, 4.69) is 5.10 Å². The molecule has 2 unspecified atom stereocenters. The predicted molar refractivity (Wildman–Crippen MR) is 69.0 cm³/mol. The van der Waals surface area contributed by atoms with Gasteiger partial charge in [-0.1, -0.05) is 30.3 Å². The topological polar surface area (TPSA) is 47.3 Å². The summed E-state index contributed by atoms with van der Waals surface area (Å²) < 4.78 is 7.33.